The van der Waals surface area contributed by atoms with Crippen molar-refractivity contribution in [1.82, 2.24) is 0 Å². The Kier molecular flexibility index (Phi) is 12.8. The highest BCUT2D eigenvalue weighted by molar-refractivity contribution is 7.86. The van der Waals surface area contributed by atoms with Gasteiger partial charge in [0, 0.05) is 6.54 Å². The van der Waals surface area contributed by atoms with E-state index in [2.05, 4.69) is 16.9 Å². The van der Waals surface area contributed by atoms with Crippen molar-refractivity contribution in [2.24, 2.45) is 5.84 Å². The molecular weight excluding hydrogens is 566 g/mol. The first-order valence-electron chi connectivity index (χ1n) is 9.18. The van der Waals surface area contributed by atoms with Crippen LogP contribution in [0.15, 0.2) is 54.6 Å². The monoisotopic (exact) mass is 586 g/mol. The van der Waals surface area contributed by atoms with Gasteiger partial charge in [0.05, 0.1) is 12.8 Å². The van der Waals surface area contributed by atoms with E-state index >= 15 is 0 Å². The molecule has 0 saturated carbocycles. The molecule has 0 aliphatic heterocycles. The van der Waals surface area contributed by atoms with Crippen LogP contribution in [0.1, 0.15) is 5.56 Å². The molecule has 0 saturated heterocycles. The number of hydrogen-bond acceptors (Lipinski definition) is 9. The zero-order valence-electron chi connectivity index (χ0n) is 18.5. The number of nitrogens with two attached hydrogens (primary N) is 1. The van der Waals surface area contributed by atoms with Gasteiger partial charge in [0.2, 0.25) is 0 Å². The smallest absolute Gasteiger partial charge is 0.437 e. The minimum atomic E-state index is -5.84. The largest absolute Gasteiger partial charge is 0.522 e. The van der Waals surface area contributed by atoms with E-state index in [0.29, 0.717) is 12.3 Å². The third-order valence-electron chi connectivity index (χ3n) is 3.61. The van der Waals surface area contributed by atoms with Crippen molar-refractivity contribution in [2.75, 3.05) is 18.7 Å². The summed E-state index contributed by atoms with van der Waals surface area (Å²) in [6.07, 6.45) is 0.119. The van der Waals surface area contributed by atoms with Crippen LogP contribution in [-0.4, -0.2) is 56.8 Å². The zero-order chi connectivity index (χ0) is 29.1. The van der Waals surface area contributed by atoms with Gasteiger partial charge in [-0.25, -0.2) is 10.6 Å². The first-order chi connectivity index (χ1) is 16.7. The van der Waals surface area contributed by atoms with Crippen LogP contribution in [0.2, 0.25) is 0 Å². The van der Waals surface area contributed by atoms with E-state index in [-0.39, 0.29) is 0 Å². The SMILES string of the molecule is COC(=O)Oc1ccc(N(N)CCc2ccccc2)cc1.O=S(=O)(O)C(F)(F)F.O=S(=O)(O)C(F)(F)F. The van der Waals surface area contributed by atoms with E-state index < -0.39 is 37.4 Å². The van der Waals surface area contributed by atoms with E-state index in [9.17, 15) is 31.1 Å². The van der Waals surface area contributed by atoms with E-state index in [1.165, 1.54) is 12.7 Å². The van der Waals surface area contributed by atoms with Crippen molar-refractivity contribution >= 4 is 32.1 Å². The van der Waals surface area contributed by atoms with Crippen LogP contribution >= 0.6 is 0 Å². The number of benzene rings is 2. The maximum Gasteiger partial charge on any atom is 0.522 e. The van der Waals surface area contributed by atoms with E-state index in [4.69, 9.17) is 36.5 Å². The molecule has 0 unspecified atom stereocenters. The fourth-order valence-electron chi connectivity index (χ4n) is 1.87. The van der Waals surface area contributed by atoms with Gasteiger partial charge in [-0.3, -0.25) is 9.11 Å². The molecule has 11 nitrogen and oxygen atoms in total. The number of ether oxygens (including phenoxy) is 2. The van der Waals surface area contributed by atoms with Crippen LogP contribution in [0, 0.1) is 0 Å². The number of hydrogen-bond donors (Lipinski definition) is 3. The lowest BCUT2D eigenvalue weighted by Crippen LogP contribution is -2.32. The third-order valence-corrected chi connectivity index (χ3v) is 4.78. The summed E-state index contributed by atoms with van der Waals surface area (Å²) in [7, 11) is -10.4. The van der Waals surface area contributed by atoms with Gasteiger partial charge in [-0.1, -0.05) is 30.3 Å². The lowest BCUT2D eigenvalue weighted by molar-refractivity contribution is -0.0514. The molecule has 19 heteroatoms. The average Bonchev–Trinajstić information content (AvgIpc) is 2.77. The Bertz CT molecular complexity index is 1150. The summed E-state index contributed by atoms with van der Waals surface area (Å²) in [5.41, 5.74) is -8.98. The van der Waals surface area contributed by atoms with Gasteiger partial charge < -0.3 is 14.5 Å². The first kappa shape index (κ1) is 33.9. The molecule has 0 bridgehead atoms. The predicted molar refractivity (Wildman–Crippen MR) is 116 cm³/mol. The molecule has 0 spiro atoms. The van der Waals surface area contributed by atoms with Gasteiger partial charge in [0.15, 0.2) is 0 Å². The topological polar surface area (TPSA) is 174 Å². The third kappa shape index (κ3) is 13.7. The summed E-state index contributed by atoms with van der Waals surface area (Å²) in [6, 6.07) is 17.1. The molecule has 37 heavy (non-hydrogen) atoms. The first-order valence-corrected chi connectivity index (χ1v) is 12.1. The standard InChI is InChI=1S/C16H18N2O3.2CHF3O3S/c1-20-16(19)21-15-9-7-14(8-10-15)18(17)12-11-13-5-3-2-4-6-13;2*2-1(3,4)8(5,6)7/h2-10H,11-12,17H2,1H3;2*(H,5,6,7). The fourth-order valence-corrected chi connectivity index (χ4v) is 1.87. The van der Waals surface area contributed by atoms with Crippen LogP contribution in [0.25, 0.3) is 0 Å². The number of methoxy groups -OCH3 is 1. The molecule has 210 valence electrons. The molecule has 0 atom stereocenters. The molecule has 0 aliphatic rings. The number of nitrogens with zero attached hydrogens (tertiary/aromatic N) is 1. The molecule has 0 heterocycles. The predicted octanol–water partition coefficient (Wildman–Crippen LogP) is 3.54. The van der Waals surface area contributed by atoms with Gasteiger partial charge in [-0.2, -0.15) is 43.2 Å². The number of halogens is 6. The number of alkyl halides is 6. The van der Waals surface area contributed by atoms with Gasteiger partial charge in [-0.15, -0.1) is 0 Å². The fraction of sp³-hybridized carbons (Fsp3) is 0.278. The van der Waals surface area contributed by atoms with Crippen LogP contribution in [0.4, 0.5) is 36.8 Å². The molecular formula is C18H20F6N2O9S2. The second kappa shape index (κ2) is 14.0. The highest BCUT2D eigenvalue weighted by Gasteiger charge is 2.45. The minimum Gasteiger partial charge on any atom is -0.437 e. The Morgan fingerprint density at radius 2 is 1.27 bits per heavy atom. The van der Waals surface area contributed by atoms with Crippen molar-refractivity contribution in [2.45, 2.75) is 17.4 Å². The zero-order valence-corrected chi connectivity index (χ0v) is 20.1. The van der Waals surface area contributed by atoms with Gasteiger partial charge in [0.1, 0.15) is 5.75 Å². The number of rotatable bonds is 5. The van der Waals surface area contributed by atoms with Gasteiger partial charge in [-0.05, 0) is 36.2 Å². The molecule has 2 aromatic rings. The van der Waals surface area contributed by atoms with E-state index in [1.807, 2.05) is 18.2 Å². The van der Waals surface area contributed by atoms with Crippen molar-refractivity contribution in [3.05, 3.63) is 60.2 Å². The molecule has 0 radical (unpaired) electrons. The molecule has 0 amide bonds. The maximum atomic E-state index is 11.0. The van der Waals surface area contributed by atoms with Crippen molar-refractivity contribution in [3.63, 3.8) is 0 Å². The Labute approximate surface area is 206 Å². The second-order valence-corrected chi connectivity index (χ2v) is 9.15. The van der Waals surface area contributed by atoms with Crippen LogP contribution in [-0.2, 0) is 31.4 Å². The molecule has 0 aliphatic carbocycles. The van der Waals surface area contributed by atoms with Crippen molar-refractivity contribution < 1.29 is 66.6 Å². The Morgan fingerprint density at radius 1 is 0.865 bits per heavy atom. The average molecular weight is 586 g/mol. The quantitative estimate of drug-likeness (QED) is 0.0889. The molecule has 4 N–H and O–H groups in total. The number of hydrazine groups is 1. The molecule has 2 rings (SSSR count). The van der Waals surface area contributed by atoms with Gasteiger partial charge in [0.25, 0.3) is 0 Å². The Balaban J connectivity index is 0.000000669. The summed E-state index contributed by atoms with van der Waals surface area (Å²) in [5.74, 6) is 6.44. The lowest BCUT2D eigenvalue weighted by Gasteiger charge is -2.18. The van der Waals surface area contributed by atoms with E-state index in [0.717, 1.165) is 12.1 Å². The molecule has 0 fully saturated rings. The summed E-state index contributed by atoms with van der Waals surface area (Å²) in [4.78, 5) is 11.0. The van der Waals surface area contributed by atoms with Gasteiger partial charge >= 0.3 is 37.4 Å². The van der Waals surface area contributed by atoms with Crippen LogP contribution in [0.3, 0.4) is 0 Å². The second-order valence-electron chi connectivity index (χ2n) is 6.32. The molecule has 0 aromatic heterocycles. The van der Waals surface area contributed by atoms with Crippen molar-refractivity contribution in [1.29, 1.82) is 0 Å². The Morgan fingerprint density at radius 3 is 1.62 bits per heavy atom. The number of carbonyl (C=O) groups is 1. The van der Waals surface area contributed by atoms with Crippen molar-refractivity contribution in [3.8, 4) is 5.75 Å². The van der Waals surface area contributed by atoms with Crippen LogP contribution in [0.5, 0.6) is 5.75 Å². The highest BCUT2D eigenvalue weighted by Crippen LogP contribution is 2.21. The maximum absolute atomic E-state index is 11.0. The van der Waals surface area contributed by atoms with E-state index in [1.54, 1.807) is 29.3 Å². The lowest BCUT2D eigenvalue weighted by atomic mass is 10.1. The highest BCUT2D eigenvalue weighted by atomic mass is 32.2. The normalized spacial score (nSPS) is 11.7. The number of carbonyl (C=O) groups excluding carboxylic acids is 1. The minimum absolute atomic E-state index is 0.419. The van der Waals surface area contributed by atoms with Crippen LogP contribution < -0.4 is 15.6 Å². The summed E-state index contributed by atoms with van der Waals surface area (Å²) < 4.78 is 124. The molecule has 2 aromatic carbocycles. The summed E-state index contributed by atoms with van der Waals surface area (Å²) in [6.45, 7) is 0.696. The Hall–Kier alpha value is -3.13. The summed E-state index contributed by atoms with van der Waals surface area (Å²) in [5, 5.41) is 1.66. The summed E-state index contributed by atoms with van der Waals surface area (Å²) >= 11 is 0. The number of anilines is 1.